The number of methoxy groups -OCH3 is 1. The summed E-state index contributed by atoms with van der Waals surface area (Å²) < 4.78 is 7.18. The van der Waals surface area contributed by atoms with Crippen LogP contribution in [0.2, 0.25) is 0 Å². The van der Waals surface area contributed by atoms with Crippen molar-refractivity contribution in [2.45, 2.75) is 53.2 Å². The zero-order chi connectivity index (χ0) is 13.9. The Labute approximate surface area is 109 Å². The number of aromatic nitrogens is 2. The largest absolute Gasteiger partial charge is 0.373 e. The van der Waals surface area contributed by atoms with Gasteiger partial charge in [0, 0.05) is 19.3 Å². The van der Waals surface area contributed by atoms with Gasteiger partial charge in [-0.05, 0) is 25.3 Å². The van der Waals surface area contributed by atoms with Crippen molar-refractivity contribution in [3.63, 3.8) is 0 Å². The van der Waals surface area contributed by atoms with Gasteiger partial charge in [0.25, 0.3) is 0 Å². The zero-order valence-corrected chi connectivity index (χ0v) is 12.2. The summed E-state index contributed by atoms with van der Waals surface area (Å²) in [6.07, 6.45) is 1.85. The number of hydrogen-bond donors (Lipinski definition) is 0. The highest BCUT2D eigenvalue weighted by atomic mass is 16.5. The molecule has 4 heteroatoms. The highest BCUT2D eigenvalue weighted by Crippen LogP contribution is 2.23. The van der Waals surface area contributed by atoms with E-state index in [0.29, 0.717) is 12.5 Å². The molecule has 0 bridgehead atoms. The number of rotatable bonds is 5. The van der Waals surface area contributed by atoms with Crippen LogP contribution in [-0.4, -0.2) is 28.8 Å². The van der Waals surface area contributed by atoms with E-state index in [1.54, 1.807) is 7.11 Å². The van der Waals surface area contributed by atoms with Gasteiger partial charge in [0.1, 0.15) is 6.10 Å². The quantitative estimate of drug-likeness (QED) is 0.809. The Hall–Kier alpha value is -1.16. The molecule has 1 aromatic rings. The Balaban J connectivity index is 2.74. The van der Waals surface area contributed by atoms with E-state index in [1.165, 1.54) is 0 Å². The number of nitrogens with zero attached hydrogens (tertiary/aromatic N) is 2. The molecule has 0 saturated carbocycles. The SMILES string of the molecule is COC(C(=O)Cc1ccn(C(C)C)n1)C(C)(C)C. The van der Waals surface area contributed by atoms with Crippen LogP contribution in [0.1, 0.15) is 46.4 Å². The molecule has 0 N–H and O–H groups in total. The minimum absolute atomic E-state index is 0.0824. The smallest absolute Gasteiger partial charge is 0.168 e. The first-order valence-corrected chi connectivity index (χ1v) is 6.35. The predicted octanol–water partition coefficient (Wildman–Crippen LogP) is 2.64. The lowest BCUT2D eigenvalue weighted by molar-refractivity contribution is -0.134. The normalized spacial score (nSPS) is 13.9. The van der Waals surface area contributed by atoms with Crippen molar-refractivity contribution in [3.05, 3.63) is 18.0 Å². The van der Waals surface area contributed by atoms with E-state index >= 15 is 0 Å². The first-order valence-electron chi connectivity index (χ1n) is 6.35. The molecule has 0 saturated heterocycles. The summed E-state index contributed by atoms with van der Waals surface area (Å²) in [6.45, 7) is 10.1. The molecule has 0 aliphatic carbocycles. The van der Waals surface area contributed by atoms with E-state index < -0.39 is 0 Å². The third-order valence-corrected chi connectivity index (χ3v) is 2.86. The Morgan fingerprint density at radius 3 is 2.44 bits per heavy atom. The Kier molecular flexibility index (Phi) is 4.68. The molecule has 1 unspecified atom stereocenters. The Morgan fingerprint density at radius 1 is 1.44 bits per heavy atom. The molecule has 0 aliphatic heterocycles. The van der Waals surface area contributed by atoms with Gasteiger partial charge in [-0.3, -0.25) is 9.48 Å². The minimum atomic E-state index is -0.387. The van der Waals surface area contributed by atoms with Crippen LogP contribution in [0, 0.1) is 5.41 Å². The number of carbonyl (C=O) groups excluding carboxylic acids is 1. The van der Waals surface area contributed by atoms with Crippen LogP contribution in [0.25, 0.3) is 0 Å². The third-order valence-electron chi connectivity index (χ3n) is 2.86. The summed E-state index contributed by atoms with van der Waals surface area (Å²) >= 11 is 0. The average Bonchev–Trinajstić information content (AvgIpc) is 2.64. The monoisotopic (exact) mass is 252 g/mol. The summed E-state index contributed by atoms with van der Waals surface area (Å²) in [4.78, 5) is 12.2. The first kappa shape index (κ1) is 14.9. The van der Waals surface area contributed by atoms with Crippen molar-refractivity contribution in [1.29, 1.82) is 0 Å². The maximum absolute atomic E-state index is 12.2. The highest BCUT2D eigenvalue weighted by molar-refractivity contribution is 5.85. The second-order valence-corrected chi connectivity index (χ2v) is 6.01. The van der Waals surface area contributed by atoms with Crippen LogP contribution in [0.5, 0.6) is 0 Å². The zero-order valence-electron chi connectivity index (χ0n) is 12.2. The van der Waals surface area contributed by atoms with E-state index in [9.17, 15) is 4.79 Å². The van der Waals surface area contributed by atoms with Gasteiger partial charge in [0.2, 0.25) is 0 Å². The van der Waals surface area contributed by atoms with Gasteiger partial charge in [-0.1, -0.05) is 20.8 Å². The number of hydrogen-bond acceptors (Lipinski definition) is 3. The lowest BCUT2D eigenvalue weighted by atomic mass is 9.85. The number of ether oxygens (including phenoxy) is 1. The average molecular weight is 252 g/mol. The van der Waals surface area contributed by atoms with Crippen molar-refractivity contribution in [2.24, 2.45) is 5.41 Å². The summed E-state index contributed by atoms with van der Waals surface area (Å²) in [7, 11) is 1.58. The van der Waals surface area contributed by atoms with Crippen molar-refractivity contribution in [2.75, 3.05) is 7.11 Å². The third kappa shape index (κ3) is 3.67. The topological polar surface area (TPSA) is 44.1 Å². The van der Waals surface area contributed by atoms with Crippen molar-refractivity contribution < 1.29 is 9.53 Å². The summed E-state index contributed by atoms with van der Waals surface area (Å²) in [6, 6.07) is 2.21. The van der Waals surface area contributed by atoms with E-state index in [0.717, 1.165) is 5.69 Å². The van der Waals surface area contributed by atoms with Crippen LogP contribution in [0.4, 0.5) is 0 Å². The summed E-state index contributed by atoms with van der Waals surface area (Å²) in [5, 5.41) is 4.39. The van der Waals surface area contributed by atoms with Gasteiger partial charge in [0.15, 0.2) is 5.78 Å². The maximum atomic E-state index is 12.2. The van der Waals surface area contributed by atoms with Crippen molar-refractivity contribution in [1.82, 2.24) is 9.78 Å². The van der Waals surface area contributed by atoms with Crippen LogP contribution < -0.4 is 0 Å². The summed E-state index contributed by atoms with van der Waals surface area (Å²) in [5.41, 5.74) is 0.618. The van der Waals surface area contributed by atoms with Gasteiger partial charge in [0.05, 0.1) is 12.1 Å². The number of carbonyl (C=O) groups is 1. The number of ketones is 1. The highest BCUT2D eigenvalue weighted by Gasteiger charge is 2.31. The molecule has 0 amide bonds. The standard InChI is InChI=1S/C14H24N2O2/c1-10(2)16-8-7-11(15-16)9-12(17)13(18-6)14(3,4)5/h7-8,10,13H,9H2,1-6H3. The Bertz CT molecular complexity index is 402. The Morgan fingerprint density at radius 2 is 2.06 bits per heavy atom. The lowest BCUT2D eigenvalue weighted by Gasteiger charge is -2.27. The van der Waals surface area contributed by atoms with E-state index in [2.05, 4.69) is 18.9 Å². The fourth-order valence-corrected chi connectivity index (χ4v) is 2.00. The van der Waals surface area contributed by atoms with Gasteiger partial charge in [-0.25, -0.2) is 0 Å². The van der Waals surface area contributed by atoms with Gasteiger partial charge >= 0.3 is 0 Å². The number of Topliss-reactive ketones (excluding diaryl/α,β-unsaturated/α-hetero) is 1. The molecule has 0 aliphatic rings. The molecule has 0 radical (unpaired) electrons. The van der Waals surface area contributed by atoms with Gasteiger partial charge < -0.3 is 4.74 Å². The van der Waals surface area contributed by atoms with Crippen LogP contribution in [0.3, 0.4) is 0 Å². The minimum Gasteiger partial charge on any atom is -0.373 e. The first-order chi connectivity index (χ1) is 8.25. The molecule has 1 heterocycles. The summed E-state index contributed by atoms with van der Waals surface area (Å²) in [5.74, 6) is 0.0824. The predicted molar refractivity (Wildman–Crippen MR) is 71.6 cm³/mol. The van der Waals surface area contributed by atoms with Crippen LogP contribution in [-0.2, 0) is 16.0 Å². The van der Waals surface area contributed by atoms with E-state index in [4.69, 9.17) is 4.74 Å². The second kappa shape index (κ2) is 5.65. The molecule has 18 heavy (non-hydrogen) atoms. The maximum Gasteiger partial charge on any atom is 0.168 e. The van der Waals surface area contributed by atoms with E-state index in [1.807, 2.05) is 37.7 Å². The molecule has 0 aromatic carbocycles. The molecule has 102 valence electrons. The van der Waals surface area contributed by atoms with Crippen molar-refractivity contribution in [3.8, 4) is 0 Å². The molecule has 1 aromatic heterocycles. The van der Waals surface area contributed by atoms with Crippen LogP contribution in [0.15, 0.2) is 12.3 Å². The van der Waals surface area contributed by atoms with E-state index in [-0.39, 0.29) is 17.3 Å². The van der Waals surface area contributed by atoms with Gasteiger partial charge in [-0.15, -0.1) is 0 Å². The lowest BCUT2D eigenvalue weighted by Crippen LogP contribution is -2.37. The molecule has 0 fully saturated rings. The van der Waals surface area contributed by atoms with Crippen LogP contribution >= 0.6 is 0 Å². The fourth-order valence-electron chi connectivity index (χ4n) is 2.00. The molecule has 1 atom stereocenters. The van der Waals surface area contributed by atoms with Gasteiger partial charge in [-0.2, -0.15) is 5.10 Å². The van der Waals surface area contributed by atoms with Crippen molar-refractivity contribution >= 4 is 5.78 Å². The molecule has 1 rings (SSSR count). The second-order valence-electron chi connectivity index (χ2n) is 6.01. The fraction of sp³-hybridized carbons (Fsp3) is 0.714. The molecule has 4 nitrogen and oxygen atoms in total. The molecular formula is C14H24N2O2. The molecule has 0 spiro atoms. The molecular weight excluding hydrogens is 228 g/mol.